The molecule has 3 fully saturated rings. The molecule has 0 spiro atoms. The number of rotatable bonds is 6. The molecule has 1 N–H and O–H groups in total. The summed E-state index contributed by atoms with van der Waals surface area (Å²) in [4.78, 5) is 26.5. The average molecular weight is 565 g/mol. The summed E-state index contributed by atoms with van der Waals surface area (Å²) in [5.41, 5.74) is 0.676. The van der Waals surface area contributed by atoms with E-state index in [0.717, 1.165) is 49.3 Å². The number of anilines is 1. The topological polar surface area (TPSA) is 88.0 Å². The third kappa shape index (κ3) is 5.14. The van der Waals surface area contributed by atoms with Crippen molar-refractivity contribution < 1.29 is 27.4 Å². The van der Waals surface area contributed by atoms with Gasteiger partial charge in [0.15, 0.2) is 0 Å². The number of amides is 1. The van der Waals surface area contributed by atoms with E-state index >= 15 is 0 Å². The standard InChI is InChI=1S/C29H27F3N6O3/c1-17-27(40-17)38-15-22-12-23(38)14-36(22)13-21-11-26(34-16-33-21)41-24-5-6-25-18(9-24)7-8-37(25)28(39)35-20-4-2-3-19(10-20)29(30,31)32/h2-11,16-17,22-23,27H,12-15H2,1H3,(H,35,39). The number of alkyl halides is 3. The molecule has 0 saturated carbocycles. The molecule has 4 atom stereocenters. The Bertz CT molecular complexity index is 1620. The van der Waals surface area contributed by atoms with Gasteiger partial charge in [0.05, 0.1) is 22.9 Å². The molecule has 0 radical (unpaired) electrons. The van der Waals surface area contributed by atoms with Crippen molar-refractivity contribution in [2.45, 2.75) is 50.5 Å². The molecule has 41 heavy (non-hydrogen) atoms. The van der Waals surface area contributed by atoms with Crippen LogP contribution in [0.5, 0.6) is 11.6 Å². The number of fused-ring (bicyclic) bond motifs is 3. The van der Waals surface area contributed by atoms with Gasteiger partial charge in [-0.3, -0.25) is 14.4 Å². The number of carbonyl (C=O) groups excluding carboxylic acids is 1. The van der Waals surface area contributed by atoms with Crippen LogP contribution in [0.2, 0.25) is 0 Å². The number of likely N-dealkylation sites (tertiary alicyclic amines) is 2. The quantitative estimate of drug-likeness (QED) is 0.317. The summed E-state index contributed by atoms with van der Waals surface area (Å²) in [7, 11) is 0. The van der Waals surface area contributed by atoms with Crippen molar-refractivity contribution in [1.29, 1.82) is 0 Å². The summed E-state index contributed by atoms with van der Waals surface area (Å²) < 4.78 is 52.1. The zero-order chi connectivity index (χ0) is 28.3. The number of ether oxygens (including phenoxy) is 2. The van der Waals surface area contributed by atoms with E-state index in [1.54, 1.807) is 30.5 Å². The SMILES string of the molecule is CC1OC1N1CC2CC1CN2Cc1cc(Oc2ccc3c(ccn3C(=O)Nc3cccc(C(F)(F)F)c3)c2)ncn1. The van der Waals surface area contributed by atoms with Crippen molar-refractivity contribution in [2.75, 3.05) is 18.4 Å². The number of epoxide rings is 1. The Morgan fingerprint density at radius 1 is 1.10 bits per heavy atom. The van der Waals surface area contributed by atoms with Crippen LogP contribution in [0.15, 0.2) is 67.1 Å². The van der Waals surface area contributed by atoms with Crippen LogP contribution >= 0.6 is 0 Å². The highest BCUT2D eigenvalue weighted by molar-refractivity contribution is 5.98. The van der Waals surface area contributed by atoms with Gasteiger partial charge >= 0.3 is 12.2 Å². The zero-order valence-electron chi connectivity index (χ0n) is 22.1. The Labute approximate surface area is 233 Å². The van der Waals surface area contributed by atoms with Crippen molar-refractivity contribution in [2.24, 2.45) is 0 Å². The lowest BCUT2D eigenvalue weighted by Gasteiger charge is -2.33. The third-order valence-electron chi connectivity index (χ3n) is 8.01. The summed E-state index contributed by atoms with van der Waals surface area (Å²) in [6.07, 6.45) is 0.327. The third-order valence-corrected chi connectivity index (χ3v) is 8.01. The lowest BCUT2D eigenvalue weighted by Crippen LogP contribution is -2.47. The van der Waals surface area contributed by atoms with Crippen molar-refractivity contribution in [3.05, 3.63) is 78.4 Å². The molecule has 2 bridgehead atoms. The van der Waals surface area contributed by atoms with E-state index in [0.29, 0.717) is 35.3 Å². The van der Waals surface area contributed by atoms with Crippen LogP contribution in [0.1, 0.15) is 24.6 Å². The van der Waals surface area contributed by atoms with Gasteiger partial charge in [0.25, 0.3) is 0 Å². The Balaban J connectivity index is 1.01. The fourth-order valence-electron chi connectivity index (χ4n) is 5.97. The fraction of sp³-hybridized carbons (Fsp3) is 0.345. The maximum absolute atomic E-state index is 13.0. The van der Waals surface area contributed by atoms with Crippen LogP contribution < -0.4 is 10.1 Å². The second-order valence-electron chi connectivity index (χ2n) is 10.8. The second kappa shape index (κ2) is 9.82. The molecule has 212 valence electrons. The van der Waals surface area contributed by atoms with E-state index in [9.17, 15) is 18.0 Å². The van der Waals surface area contributed by atoms with Crippen LogP contribution in [0, 0.1) is 0 Å². The molecule has 12 heteroatoms. The fourth-order valence-corrected chi connectivity index (χ4v) is 5.97. The average Bonchev–Trinajstić information content (AvgIpc) is 3.26. The zero-order valence-corrected chi connectivity index (χ0v) is 22.1. The lowest BCUT2D eigenvalue weighted by molar-refractivity contribution is -0.137. The highest BCUT2D eigenvalue weighted by Gasteiger charge is 2.52. The normalized spacial score (nSPS) is 24.2. The first kappa shape index (κ1) is 25.9. The van der Waals surface area contributed by atoms with Crippen LogP contribution in [0.3, 0.4) is 0 Å². The summed E-state index contributed by atoms with van der Waals surface area (Å²) >= 11 is 0. The van der Waals surface area contributed by atoms with Gasteiger partial charge in [-0.25, -0.2) is 14.8 Å². The molecule has 1 amide bonds. The number of piperazine rings is 1. The lowest BCUT2D eigenvalue weighted by atomic mass is 10.2. The molecule has 5 heterocycles. The number of benzene rings is 2. The Morgan fingerprint density at radius 3 is 2.71 bits per heavy atom. The van der Waals surface area contributed by atoms with E-state index in [2.05, 4.69) is 32.0 Å². The van der Waals surface area contributed by atoms with Gasteiger partial charge < -0.3 is 14.8 Å². The summed E-state index contributed by atoms with van der Waals surface area (Å²) in [5, 5.41) is 3.25. The van der Waals surface area contributed by atoms with Crippen LogP contribution in [0.25, 0.3) is 10.9 Å². The molecule has 3 saturated heterocycles. The summed E-state index contributed by atoms with van der Waals surface area (Å²) in [6.45, 7) is 4.85. The number of nitrogens with zero attached hydrogens (tertiary/aromatic N) is 5. The number of halogens is 3. The van der Waals surface area contributed by atoms with Crippen LogP contribution in [-0.4, -0.2) is 67.9 Å². The van der Waals surface area contributed by atoms with Crippen molar-refractivity contribution in [1.82, 2.24) is 24.3 Å². The monoisotopic (exact) mass is 564 g/mol. The molecule has 2 aromatic heterocycles. The van der Waals surface area contributed by atoms with E-state index in [1.807, 2.05) is 6.07 Å². The van der Waals surface area contributed by atoms with Gasteiger partial charge in [-0.05, 0) is 55.8 Å². The number of carbonyl (C=O) groups is 1. The first-order valence-corrected chi connectivity index (χ1v) is 13.4. The predicted octanol–water partition coefficient (Wildman–Crippen LogP) is 5.33. The second-order valence-corrected chi connectivity index (χ2v) is 10.8. The Kier molecular flexibility index (Phi) is 6.21. The van der Waals surface area contributed by atoms with Gasteiger partial charge in [0, 0.05) is 55.1 Å². The number of hydrogen-bond acceptors (Lipinski definition) is 7. The van der Waals surface area contributed by atoms with Gasteiger partial charge in [-0.1, -0.05) is 6.07 Å². The summed E-state index contributed by atoms with van der Waals surface area (Å²) in [5.74, 6) is 0.954. The molecular weight excluding hydrogens is 537 g/mol. The number of aromatic nitrogens is 3. The van der Waals surface area contributed by atoms with E-state index < -0.39 is 17.8 Å². The minimum Gasteiger partial charge on any atom is -0.439 e. The molecule has 4 aromatic rings. The maximum atomic E-state index is 13.0. The molecule has 4 unspecified atom stereocenters. The van der Waals surface area contributed by atoms with Crippen LogP contribution in [0.4, 0.5) is 23.7 Å². The van der Waals surface area contributed by atoms with Gasteiger partial charge in [0.1, 0.15) is 18.3 Å². The van der Waals surface area contributed by atoms with E-state index in [1.165, 1.54) is 23.0 Å². The van der Waals surface area contributed by atoms with Gasteiger partial charge in [-0.15, -0.1) is 0 Å². The van der Waals surface area contributed by atoms with Gasteiger partial charge in [-0.2, -0.15) is 13.2 Å². The minimum absolute atomic E-state index is 0.0526. The molecule has 7 rings (SSSR count). The number of hydrogen-bond donors (Lipinski definition) is 1. The van der Waals surface area contributed by atoms with E-state index in [-0.39, 0.29) is 11.9 Å². The molecule has 9 nitrogen and oxygen atoms in total. The first-order chi connectivity index (χ1) is 19.7. The van der Waals surface area contributed by atoms with E-state index in [4.69, 9.17) is 9.47 Å². The highest BCUT2D eigenvalue weighted by atomic mass is 19.4. The van der Waals surface area contributed by atoms with Crippen molar-refractivity contribution >= 4 is 22.6 Å². The molecule has 3 aliphatic rings. The maximum Gasteiger partial charge on any atom is 0.416 e. The Hall–Kier alpha value is -4.00. The summed E-state index contributed by atoms with van der Waals surface area (Å²) in [6, 6.07) is 13.7. The van der Waals surface area contributed by atoms with Crippen molar-refractivity contribution in [3.63, 3.8) is 0 Å². The minimum atomic E-state index is -4.50. The number of nitrogens with one attached hydrogen (secondary N) is 1. The molecule has 3 aliphatic heterocycles. The van der Waals surface area contributed by atoms with Crippen LogP contribution in [-0.2, 0) is 17.5 Å². The van der Waals surface area contributed by atoms with Crippen molar-refractivity contribution in [3.8, 4) is 11.6 Å². The first-order valence-electron chi connectivity index (χ1n) is 13.4. The highest BCUT2D eigenvalue weighted by Crippen LogP contribution is 2.39. The Morgan fingerprint density at radius 2 is 1.95 bits per heavy atom. The largest absolute Gasteiger partial charge is 0.439 e. The molecule has 0 aliphatic carbocycles. The molecular formula is C29H27F3N6O3. The molecule has 2 aromatic carbocycles. The predicted molar refractivity (Wildman–Crippen MR) is 144 cm³/mol. The van der Waals surface area contributed by atoms with Gasteiger partial charge in [0.2, 0.25) is 5.88 Å². The smallest absolute Gasteiger partial charge is 0.416 e.